The molecule has 4 heteroatoms. The number of rotatable bonds is 4. The summed E-state index contributed by atoms with van der Waals surface area (Å²) in [5.74, 6) is -0.0591. The normalized spacial score (nSPS) is 16.4. The van der Waals surface area contributed by atoms with Crippen LogP contribution in [-0.4, -0.2) is 29.9 Å². The quantitative estimate of drug-likeness (QED) is 0.830. The summed E-state index contributed by atoms with van der Waals surface area (Å²) in [5, 5.41) is 2.88. The number of piperidine rings is 1. The third kappa shape index (κ3) is 3.97. The van der Waals surface area contributed by atoms with Crippen LogP contribution in [0.5, 0.6) is 0 Å². The molecule has 110 valence electrons. The summed E-state index contributed by atoms with van der Waals surface area (Å²) in [4.78, 5) is 14.4. The highest BCUT2D eigenvalue weighted by Gasteiger charge is 2.13. The van der Waals surface area contributed by atoms with Gasteiger partial charge in [0.1, 0.15) is 0 Å². The van der Waals surface area contributed by atoms with Crippen molar-refractivity contribution in [1.82, 2.24) is 10.2 Å². The zero-order valence-electron chi connectivity index (χ0n) is 12.5. The van der Waals surface area contributed by atoms with Crippen LogP contribution in [0.2, 0.25) is 0 Å². The summed E-state index contributed by atoms with van der Waals surface area (Å²) in [6, 6.07) is 5.78. The highest BCUT2D eigenvalue weighted by Crippen LogP contribution is 2.19. The van der Waals surface area contributed by atoms with Crippen LogP contribution < -0.4 is 11.1 Å². The number of hydrogen-bond donors (Lipinski definition) is 2. The zero-order valence-corrected chi connectivity index (χ0v) is 12.5. The Kier molecular flexibility index (Phi) is 5.01. The summed E-state index contributed by atoms with van der Waals surface area (Å²) in [6.45, 7) is 7.08. The van der Waals surface area contributed by atoms with Crippen LogP contribution in [0.15, 0.2) is 18.2 Å². The molecule has 0 bridgehead atoms. The molecular weight excluding hydrogens is 250 g/mol. The molecule has 0 radical (unpaired) electrons. The largest absolute Gasteiger partial charge is 0.398 e. The van der Waals surface area contributed by atoms with Gasteiger partial charge in [0.25, 0.3) is 5.91 Å². The number of benzene rings is 1. The van der Waals surface area contributed by atoms with Crippen LogP contribution in [0.3, 0.4) is 0 Å². The van der Waals surface area contributed by atoms with Gasteiger partial charge in [0.2, 0.25) is 0 Å². The van der Waals surface area contributed by atoms with Crippen molar-refractivity contribution in [2.75, 3.05) is 18.8 Å². The number of carbonyl (C=O) groups is 1. The molecule has 1 aromatic rings. The predicted molar refractivity (Wildman–Crippen MR) is 82.6 cm³/mol. The van der Waals surface area contributed by atoms with E-state index in [0.29, 0.717) is 11.3 Å². The van der Waals surface area contributed by atoms with E-state index in [1.807, 2.05) is 26.0 Å². The average molecular weight is 275 g/mol. The third-order valence-corrected chi connectivity index (χ3v) is 3.67. The van der Waals surface area contributed by atoms with E-state index in [4.69, 9.17) is 5.73 Å². The zero-order chi connectivity index (χ0) is 14.5. The molecule has 0 atom stereocenters. The number of nitrogens with one attached hydrogen (secondary N) is 1. The van der Waals surface area contributed by atoms with E-state index in [9.17, 15) is 4.79 Å². The van der Waals surface area contributed by atoms with Crippen molar-refractivity contribution in [2.45, 2.75) is 45.7 Å². The first kappa shape index (κ1) is 14.9. The highest BCUT2D eigenvalue weighted by atomic mass is 16.1. The molecule has 0 saturated carbocycles. The van der Waals surface area contributed by atoms with Gasteiger partial charge in [0.05, 0.1) is 0 Å². The minimum atomic E-state index is -0.0591. The number of nitrogens with zero attached hydrogens (tertiary/aromatic N) is 1. The Morgan fingerprint density at radius 3 is 2.60 bits per heavy atom. The summed E-state index contributed by atoms with van der Waals surface area (Å²) in [7, 11) is 0. The van der Waals surface area contributed by atoms with Gasteiger partial charge in [-0.1, -0.05) is 12.5 Å². The molecule has 0 unspecified atom stereocenters. The Labute approximate surface area is 121 Å². The maximum absolute atomic E-state index is 11.9. The van der Waals surface area contributed by atoms with E-state index < -0.39 is 0 Å². The fourth-order valence-corrected chi connectivity index (χ4v) is 2.58. The van der Waals surface area contributed by atoms with Gasteiger partial charge in [-0.05, 0) is 57.5 Å². The van der Waals surface area contributed by atoms with Gasteiger partial charge in [-0.15, -0.1) is 0 Å². The van der Waals surface area contributed by atoms with E-state index >= 15 is 0 Å². The monoisotopic (exact) mass is 275 g/mol. The Hall–Kier alpha value is -1.55. The van der Waals surface area contributed by atoms with E-state index in [-0.39, 0.29) is 11.9 Å². The number of hydrogen-bond acceptors (Lipinski definition) is 3. The fraction of sp³-hybridized carbons (Fsp3) is 0.562. The van der Waals surface area contributed by atoms with Crippen LogP contribution >= 0.6 is 0 Å². The van der Waals surface area contributed by atoms with Crippen LogP contribution in [0.1, 0.15) is 49.0 Å². The number of amides is 1. The van der Waals surface area contributed by atoms with Crippen molar-refractivity contribution >= 4 is 11.6 Å². The molecule has 1 aromatic carbocycles. The van der Waals surface area contributed by atoms with Gasteiger partial charge < -0.3 is 11.1 Å². The molecule has 1 heterocycles. The molecule has 1 fully saturated rings. The second-order valence-electron chi connectivity index (χ2n) is 5.88. The fourth-order valence-electron chi connectivity index (χ4n) is 2.58. The van der Waals surface area contributed by atoms with Gasteiger partial charge >= 0.3 is 0 Å². The number of likely N-dealkylation sites (tertiary alicyclic amines) is 1. The van der Waals surface area contributed by atoms with E-state index in [2.05, 4.69) is 10.2 Å². The third-order valence-electron chi connectivity index (χ3n) is 3.67. The maximum Gasteiger partial charge on any atom is 0.251 e. The second-order valence-corrected chi connectivity index (χ2v) is 5.88. The lowest BCUT2D eigenvalue weighted by Crippen LogP contribution is -2.31. The first-order valence-corrected chi connectivity index (χ1v) is 7.48. The number of nitrogens with two attached hydrogens (primary N) is 1. The molecule has 1 aliphatic rings. The summed E-state index contributed by atoms with van der Waals surface area (Å²) in [5.41, 5.74) is 8.57. The van der Waals surface area contributed by atoms with Crippen molar-refractivity contribution in [1.29, 1.82) is 0 Å². The minimum absolute atomic E-state index is 0.0591. The minimum Gasteiger partial charge on any atom is -0.398 e. The molecule has 1 aliphatic heterocycles. The van der Waals surface area contributed by atoms with Crippen molar-refractivity contribution in [2.24, 2.45) is 0 Å². The molecule has 2 rings (SSSR count). The summed E-state index contributed by atoms with van der Waals surface area (Å²) in [6.07, 6.45) is 3.88. The first-order valence-electron chi connectivity index (χ1n) is 7.48. The van der Waals surface area contributed by atoms with Crippen molar-refractivity contribution in [3.8, 4) is 0 Å². The van der Waals surface area contributed by atoms with Crippen LogP contribution in [0.4, 0.5) is 5.69 Å². The summed E-state index contributed by atoms with van der Waals surface area (Å²) >= 11 is 0. The Morgan fingerprint density at radius 1 is 1.30 bits per heavy atom. The molecule has 4 nitrogen and oxygen atoms in total. The number of nitrogen functional groups attached to an aromatic ring is 1. The maximum atomic E-state index is 11.9. The Balaban J connectivity index is 2.03. The van der Waals surface area contributed by atoms with Crippen LogP contribution in [-0.2, 0) is 6.54 Å². The molecule has 1 amide bonds. The van der Waals surface area contributed by atoms with Crippen LogP contribution in [0.25, 0.3) is 0 Å². The average Bonchev–Trinajstić information content (AvgIpc) is 2.41. The van der Waals surface area contributed by atoms with E-state index in [1.165, 1.54) is 19.3 Å². The molecule has 3 N–H and O–H groups in total. The van der Waals surface area contributed by atoms with Gasteiger partial charge in [-0.2, -0.15) is 0 Å². The van der Waals surface area contributed by atoms with Crippen molar-refractivity contribution < 1.29 is 4.79 Å². The Bertz CT molecular complexity index is 465. The van der Waals surface area contributed by atoms with Gasteiger partial charge in [0.15, 0.2) is 0 Å². The lowest BCUT2D eigenvalue weighted by molar-refractivity contribution is 0.0943. The van der Waals surface area contributed by atoms with E-state index in [0.717, 1.165) is 25.2 Å². The van der Waals surface area contributed by atoms with Gasteiger partial charge in [-0.3, -0.25) is 9.69 Å². The number of carbonyl (C=O) groups excluding carboxylic acids is 1. The SMILES string of the molecule is CC(C)NC(=O)c1ccc(CN2CCCCC2)c(N)c1. The Morgan fingerprint density at radius 2 is 2.00 bits per heavy atom. The highest BCUT2D eigenvalue weighted by molar-refractivity contribution is 5.95. The molecular formula is C16H25N3O. The lowest BCUT2D eigenvalue weighted by Gasteiger charge is -2.27. The molecule has 20 heavy (non-hydrogen) atoms. The number of anilines is 1. The predicted octanol–water partition coefficient (Wildman–Crippen LogP) is 2.39. The standard InChI is InChI=1S/C16H25N3O/c1-12(2)18-16(20)13-6-7-14(15(17)10-13)11-19-8-4-3-5-9-19/h6-7,10,12H,3-5,8-9,11,17H2,1-2H3,(H,18,20). The summed E-state index contributed by atoms with van der Waals surface area (Å²) < 4.78 is 0. The van der Waals surface area contributed by atoms with Gasteiger partial charge in [-0.25, -0.2) is 0 Å². The molecule has 0 aromatic heterocycles. The molecule has 0 spiro atoms. The second kappa shape index (κ2) is 6.75. The van der Waals surface area contributed by atoms with Crippen molar-refractivity contribution in [3.63, 3.8) is 0 Å². The topological polar surface area (TPSA) is 58.4 Å². The molecule has 0 aliphatic carbocycles. The van der Waals surface area contributed by atoms with Crippen molar-refractivity contribution in [3.05, 3.63) is 29.3 Å². The smallest absolute Gasteiger partial charge is 0.251 e. The van der Waals surface area contributed by atoms with Crippen LogP contribution in [0, 0.1) is 0 Å². The van der Waals surface area contributed by atoms with E-state index in [1.54, 1.807) is 6.07 Å². The first-order chi connectivity index (χ1) is 9.56. The molecule has 1 saturated heterocycles. The lowest BCUT2D eigenvalue weighted by atomic mass is 10.1. The van der Waals surface area contributed by atoms with Gasteiger partial charge in [0, 0.05) is 23.8 Å².